The fourth-order valence-corrected chi connectivity index (χ4v) is 7.62. The summed E-state index contributed by atoms with van der Waals surface area (Å²) in [4.78, 5) is 38.1. The zero-order chi connectivity index (χ0) is 54.3. The van der Waals surface area contributed by atoms with Crippen molar-refractivity contribution < 1.29 is 28.6 Å². The predicted octanol–water partition coefficient (Wildman–Crippen LogP) is 20.5. The van der Waals surface area contributed by atoms with Crippen LogP contribution in [-0.2, 0) is 28.6 Å². The summed E-state index contributed by atoms with van der Waals surface area (Å²) in [6.45, 7) is 6.31. The van der Waals surface area contributed by atoms with E-state index in [4.69, 9.17) is 14.2 Å². The van der Waals surface area contributed by atoms with Gasteiger partial charge in [0.25, 0.3) is 0 Å². The maximum Gasteiger partial charge on any atom is 0.306 e. The molecule has 75 heavy (non-hydrogen) atoms. The smallest absolute Gasteiger partial charge is 0.306 e. The SMILES string of the molecule is CC/C=C\C/C=C\C/C=C\C/C=C\C/C=C\C/C=C\C/C=C\CCCCCCCC(=O)OCC(COC(=O)CCCCCCCCCCCCC)OC(=O)CC/C=C\C/C=C\C/C=C\C/C=C\C/C=C\C/C=C\CC. The summed E-state index contributed by atoms with van der Waals surface area (Å²) in [6.07, 6.45) is 89.7. The molecule has 6 heteroatoms. The average Bonchev–Trinajstić information content (AvgIpc) is 3.41. The molecule has 1 unspecified atom stereocenters. The zero-order valence-electron chi connectivity index (χ0n) is 48.0. The first-order valence-corrected chi connectivity index (χ1v) is 30.0. The average molecular weight is 1030 g/mol. The molecule has 0 radical (unpaired) electrons. The van der Waals surface area contributed by atoms with Crippen LogP contribution in [0.25, 0.3) is 0 Å². The number of carbonyl (C=O) groups excluding carboxylic acids is 3. The number of ether oxygens (including phenoxy) is 3. The van der Waals surface area contributed by atoms with Gasteiger partial charge in [-0.25, -0.2) is 0 Å². The van der Waals surface area contributed by atoms with E-state index in [1.54, 1.807) is 0 Å². The van der Waals surface area contributed by atoms with E-state index < -0.39 is 12.1 Å². The number of hydrogen-bond acceptors (Lipinski definition) is 6. The molecule has 0 aliphatic heterocycles. The van der Waals surface area contributed by atoms with Crippen LogP contribution in [0, 0.1) is 0 Å². The van der Waals surface area contributed by atoms with Gasteiger partial charge in [-0.1, -0.05) is 262 Å². The molecule has 0 saturated carbocycles. The van der Waals surface area contributed by atoms with Crippen molar-refractivity contribution in [2.45, 2.75) is 245 Å². The quantitative estimate of drug-likeness (QED) is 0.0261. The van der Waals surface area contributed by atoms with Crippen molar-refractivity contribution in [2.75, 3.05) is 13.2 Å². The largest absolute Gasteiger partial charge is 0.462 e. The lowest BCUT2D eigenvalue weighted by molar-refractivity contribution is -0.166. The lowest BCUT2D eigenvalue weighted by Gasteiger charge is -2.18. The van der Waals surface area contributed by atoms with E-state index in [0.29, 0.717) is 19.3 Å². The maximum atomic E-state index is 12.8. The fraction of sp³-hybridized carbons (Fsp3) is 0.580. The maximum absolute atomic E-state index is 12.8. The van der Waals surface area contributed by atoms with Gasteiger partial charge in [0.05, 0.1) is 0 Å². The molecule has 0 N–H and O–H groups in total. The minimum absolute atomic E-state index is 0.119. The molecule has 0 fully saturated rings. The molecular formula is C69H108O6. The molecule has 0 saturated heterocycles. The van der Waals surface area contributed by atoms with Crippen molar-refractivity contribution in [3.8, 4) is 0 Å². The first-order valence-electron chi connectivity index (χ1n) is 30.0. The first-order chi connectivity index (χ1) is 37.0. The normalized spacial score (nSPS) is 13.3. The van der Waals surface area contributed by atoms with Gasteiger partial charge in [0, 0.05) is 19.3 Å². The highest BCUT2D eigenvalue weighted by Gasteiger charge is 2.19. The van der Waals surface area contributed by atoms with E-state index >= 15 is 0 Å². The Labute approximate surface area is 460 Å². The van der Waals surface area contributed by atoms with E-state index in [-0.39, 0.29) is 31.6 Å². The molecular weight excluding hydrogens is 925 g/mol. The van der Waals surface area contributed by atoms with Gasteiger partial charge < -0.3 is 14.2 Å². The molecule has 6 nitrogen and oxygen atoms in total. The van der Waals surface area contributed by atoms with Crippen molar-refractivity contribution in [3.63, 3.8) is 0 Å². The van der Waals surface area contributed by atoms with E-state index in [1.807, 2.05) is 12.2 Å². The van der Waals surface area contributed by atoms with Crippen LogP contribution in [0.3, 0.4) is 0 Å². The summed E-state index contributed by atoms with van der Waals surface area (Å²) in [5.41, 5.74) is 0. The van der Waals surface area contributed by atoms with E-state index in [9.17, 15) is 14.4 Å². The second kappa shape index (κ2) is 61.6. The lowest BCUT2D eigenvalue weighted by atomic mass is 10.1. The van der Waals surface area contributed by atoms with Crippen LogP contribution >= 0.6 is 0 Å². The minimum Gasteiger partial charge on any atom is -0.462 e. The first kappa shape index (κ1) is 70.0. The molecule has 0 aliphatic carbocycles. The molecule has 0 aromatic heterocycles. The Balaban J connectivity index is 4.47. The Kier molecular flexibility index (Phi) is 57.5. The Morgan fingerprint density at radius 3 is 0.867 bits per heavy atom. The highest BCUT2D eigenvalue weighted by atomic mass is 16.6. The Morgan fingerprint density at radius 1 is 0.280 bits per heavy atom. The molecule has 420 valence electrons. The Bertz CT molecular complexity index is 1710. The highest BCUT2D eigenvalue weighted by Crippen LogP contribution is 2.14. The summed E-state index contributed by atoms with van der Waals surface area (Å²) in [5, 5.41) is 0. The van der Waals surface area contributed by atoms with Crippen molar-refractivity contribution in [1.29, 1.82) is 0 Å². The standard InChI is InChI=1S/C69H108O6/c1-4-7-10-13-16-19-22-24-26-28-30-31-32-33-34-35-36-37-39-40-42-44-47-50-53-56-59-62-68(71)74-65-66(64-73-67(70)61-58-55-52-49-46-21-18-15-12-9-6-3)75-69(72)63-60-57-54-51-48-45-43-41-38-29-27-25-23-20-17-14-11-8-5-2/h7-8,10-11,16-17,19-20,24-27,30-31,33-34,36-38,40-42,45,48,54,57,66H,4-6,9,12-15,18,21-23,28-29,32,35,39,43-44,46-47,49-53,55-56,58-65H2,1-3H3/b10-7-,11-8-,19-16-,20-17-,26-24-,27-25-,31-30-,34-33-,37-36-,41-38-,42-40-,48-45-,57-54-. The van der Waals surface area contributed by atoms with Crippen molar-refractivity contribution >= 4 is 17.9 Å². The molecule has 0 aromatic rings. The van der Waals surface area contributed by atoms with Crippen LogP contribution in [0.1, 0.15) is 239 Å². The van der Waals surface area contributed by atoms with E-state index in [2.05, 4.69) is 167 Å². The second-order valence-corrected chi connectivity index (χ2v) is 19.1. The van der Waals surface area contributed by atoms with Gasteiger partial charge in [0.2, 0.25) is 0 Å². The highest BCUT2D eigenvalue weighted by molar-refractivity contribution is 5.71. The third-order valence-corrected chi connectivity index (χ3v) is 12.0. The fourth-order valence-electron chi connectivity index (χ4n) is 7.62. The third-order valence-electron chi connectivity index (χ3n) is 12.0. The van der Waals surface area contributed by atoms with Crippen molar-refractivity contribution in [1.82, 2.24) is 0 Å². The van der Waals surface area contributed by atoms with Crippen LogP contribution < -0.4 is 0 Å². The molecule has 0 amide bonds. The van der Waals surface area contributed by atoms with Crippen LogP contribution in [0.5, 0.6) is 0 Å². The number of unbranched alkanes of at least 4 members (excludes halogenated alkanes) is 15. The summed E-state index contributed by atoms with van der Waals surface area (Å²) < 4.78 is 16.8. The number of rotatable bonds is 52. The predicted molar refractivity (Wildman–Crippen MR) is 325 cm³/mol. The summed E-state index contributed by atoms with van der Waals surface area (Å²) in [6, 6.07) is 0. The summed E-state index contributed by atoms with van der Waals surface area (Å²) in [7, 11) is 0. The molecule has 0 aromatic carbocycles. The molecule has 0 heterocycles. The van der Waals surface area contributed by atoms with Gasteiger partial charge >= 0.3 is 17.9 Å². The molecule has 0 spiro atoms. The number of esters is 3. The lowest BCUT2D eigenvalue weighted by Crippen LogP contribution is -2.30. The molecule has 0 rings (SSSR count). The van der Waals surface area contributed by atoms with Crippen LogP contribution in [0.4, 0.5) is 0 Å². The summed E-state index contributed by atoms with van der Waals surface area (Å²) >= 11 is 0. The van der Waals surface area contributed by atoms with E-state index in [1.165, 1.54) is 51.4 Å². The Hall–Kier alpha value is -4.97. The van der Waals surface area contributed by atoms with Gasteiger partial charge in [-0.05, 0) is 116 Å². The number of carbonyl (C=O) groups is 3. The van der Waals surface area contributed by atoms with Gasteiger partial charge in [-0.15, -0.1) is 0 Å². The molecule has 0 bridgehead atoms. The Morgan fingerprint density at radius 2 is 0.547 bits per heavy atom. The minimum atomic E-state index is -0.833. The van der Waals surface area contributed by atoms with Gasteiger partial charge in [-0.2, -0.15) is 0 Å². The van der Waals surface area contributed by atoms with Gasteiger partial charge in [0.15, 0.2) is 6.10 Å². The van der Waals surface area contributed by atoms with Crippen LogP contribution in [-0.4, -0.2) is 37.2 Å². The van der Waals surface area contributed by atoms with Crippen molar-refractivity contribution in [3.05, 3.63) is 158 Å². The molecule has 1 atom stereocenters. The van der Waals surface area contributed by atoms with Gasteiger partial charge in [-0.3, -0.25) is 14.4 Å². The third kappa shape index (κ3) is 59.8. The zero-order valence-corrected chi connectivity index (χ0v) is 48.0. The molecule has 0 aliphatic rings. The van der Waals surface area contributed by atoms with Gasteiger partial charge in [0.1, 0.15) is 13.2 Å². The monoisotopic (exact) mass is 1030 g/mol. The second-order valence-electron chi connectivity index (χ2n) is 19.1. The van der Waals surface area contributed by atoms with Crippen LogP contribution in [0.2, 0.25) is 0 Å². The number of allylic oxidation sites excluding steroid dienone is 26. The van der Waals surface area contributed by atoms with E-state index in [0.717, 1.165) is 141 Å². The topological polar surface area (TPSA) is 78.9 Å². The van der Waals surface area contributed by atoms with Crippen LogP contribution in [0.15, 0.2) is 158 Å². The summed E-state index contributed by atoms with van der Waals surface area (Å²) in [5.74, 6) is -1.03. The van der Waals surface area contributed by atoms with Crippen molar-refractivity contribution in [2.24, 2.45) is 0 Å². The number of hydrogen-bond donors (Lipinski definition) is 0.